The summed E-state index contributed by atoms with van der Waals surface area (Å²) in [5, 5.41) is 8.83. The summed E-state index contributed by atoms with van der Waals surface area (Å²) < 4.78 is 1.70. The molecule has 1 aliphatic rings. The molecule has 2 heterocycles. The molecule has 0 atom stereocenters. The third-order valence-electron chi connectivity index (χ3n) is 1.92. The van der Waals surface area contributed by atoms with Crippen LogP contribution < -0.4 is 0 Å². The lowest BCUT2D eigenvalue weighted by molar-refractivity contribution is 0.0686. The maximum Gasteiger partial charge on any atom is 0.352 e. The average molecular weight is 176 g/mol. The molecule has 0 aliphatic carbocycles. The maximum absolute atomic E-state index is 10.8. The van der Waals surface area contributed by atoms with Gasteiger partial charge in [-0.05, 0) is 18.2 Å². The van der Waals surface area contributed by atoms with Crippen molar-refractivity contribution < 1.29 is 9.90 Å². The average Bonchev–Trinajstić information content (AvgIpc) is 2.36. The minimum absolute atomic E-state index is 0.299. The second-order valence-corrected chi connectivity index (χ2v) is 2.72. The number of carboxylic acids is 1. The van der Waals surface area contributed by atoms with Gasteiger partial charge in [-0.25, -0.2) is 4.79 Å². The van der Waals surface area contributed by atoms with Crippen LogP contribution in [-0.2, 0) is 6.54 Å². The highest BCUT2D eigenvalue weighted by Crippen LogP contribution is 2.09. The third kappa shape index (κ3) is 1.26. The zero-order valence-corrected chi connectivity index (χ0v) is 6.84. The van der Waals surface area contributed by atoms with Crippen molar-refractivity contribution in [2.45, 2.75) is 6.54 Å². The smallest absolute Gasteiger partial charge is 0.352 e. The predicted octanol–water partition coefficient (Wildman–Crippen LogP) is 1.13. The molecule has 1 aliphatic heterocycles. The van der Waals surface area contributed by atoms with E-state index in [9.17, 15) is 4.79 Å². The second-order valence-electron chi connectivity index (χ2n) is 2.72. The van der Waals surface area contributed by atoms with Gasteiger partial charge in [0.1, 0.15) is 5.69 Å². The Kier molecular flexibility index (Phi) is 1.73. The van der Waals surface area contributed by atoms with Gasteiger partial charge in [0.25, 0.3) is 0 Å². The molecule has 2 rings (SSSR count). The van der Waals surface area contributed by atoms with Crippen molar-refractivity contribution in [2.24, 2.45) is 4.99 Å². The standard InChI is InChI=1S/C9H8N2O2/c12-9(13)8-3-2-7-6-10-4-1-5-11(7)8/h1-4,6H,5H2,(H,12,13). The first kappa shape index (κ1) is 7.79. The minimum Gasteiger partial charge on any atom is -0.477 e. The molecule has 4 heteroatoms. The van der Waals surface area contributed by atoms with E-state index in [-0.39, 0.29) is 0 Å². The quantitative estimate of drug-likeness (QED) is 0.697. The Bertz CT molecular complexity index is 402. The van der Waals surface area contributed by atoms with Crippen molar-refractivity contribution in [1.29, 1.82) is 0 Å². The van der Waals surface area contributed by atoms with Crippen LogP contribution in [0.25, 0.3) is 0 Å². The van der Waals surface area contributed by atoms with Gasteiger partial charge in [-0.1, -0.05) is 0 Å². The van der Waals surface area contributed by atoms with Crippen LogP contribution in [0.3, 0.4) is 0 Å². The van der Waals surface area contributed by atoms with Crippen LogP contribution in [0.15, 0.2) is 29.4 Å². The number of hydrogen-bond donors (Lipinski definition) is 1. The molecule has 0 bridgehead atoms. The van der Waals surface area contributed by atoms with Crippen molar-refractivity contribution in [2.75, 3.05) is 0 Å². The van der Waals surface area contributed by atoms with E-state index >= 15 is 0 Å². The number of hydrogen-bond acceptors (Lipinski definition) is 2. The number of aromatic carboxylic acids is 1. The predicted molar refractivity (Wildman–Crippen MR) is 48.1 cm³/mol. The largest absolute Gasteiger partial charge is 0.477 e. The minimum atomic E-state index is -0.907. The van der Waals surface area contributed by atoms with E-state index in [2.05, 4.69) is 4.99 Å². The lowest BCUT2D eigenvalue weighted by Crippen LogP contribution is -2.09. The number of fused-ring (bicyclic) bond motifs is 1. The number of rotatable bonds is 1. The summed E-state index contributed by atoms with van der Waals surface area (Å²) in [6.45, 7) is 0.559. The summed E-state index contributed by atoms with van der Waals surface area (Å²) in [7, 11) is 0. The van der Waals surface area contributed by atoms with Gasteiger partial charge >= 0.3 is 5.97 Å². The van der Waals surface area contributed by atoms with E-state index in [1.165, 1.54) is 0 Å². The van der Waals surface area contributed by atoms with Gasteiger partial charge < -0.3 is 9.67 Å². The molecular weight excluding hydrogens is 168 g/mol. The molecule has 4 nitrogen and oxygen atoms in total. The summed E-state index contributed by atoms with van der Waals surface area (Å²) in [4.78, 5) is 14.7. The van der Waals surface area contributed by atoms with E-state index in [4.69, 9.17) is 5.11 Å². The van der Waals surface area contributed by atoms with Crippen molar-refractivity contribution >= 4 is 12.2 Å². The Morgan fingerprint density at radius 3 is 3.15 bits per heavy atom. The van der Waals surface area contributed by atoms with Gasteiger partial charge in [0.2, 0.25) is 0 Å². The molecule has 13 heavy (non-hydrogen) atoms. The van der Waals surface area contributed by atoms with E-state index in [0.29, 0.717) is 12.2 Å². The fraction of sp³-hybridized carbons (Fsp3) is 0.111. The van der Waals surface area contributed by atoms with E-state index in [0.717, 1.165) is 5.69 Å². The van der Waals surface area contributed by atoms with Crippen LogP contribution in [0.5, 0.6) is 0 Å². The molecule has 0 radical (unpaired) electrons. The van der Waals surface area contributed by atoms with Gasteiger partial charge in [-0.2, -0.15) is 0 Å². The fourth-order valence-electron chi connectivity index (χ4n) is 1.32. The summed E-state index contributed by atoms with van der Waals surface area (Å²) in [6, 6.07) is 3.34. The van der Waals surface area contributed by atoms with Crippen LogP contribution in [0, 0.1) is 0 Å². The number of nitrogens with zero attached hydrogens (tertiary/aromatic N) is 2. The van der Waals surface area contributed by atoms with Gasteiger partial charge in [0.05, 0.1) is 11.9 Å². The van der Waals surface area contributed by atoms with Gasteiger partial charge in [0.15, 0.2) is 0 Å². The molecule has 0 saturated heterocycles. The van der Waals surface area contributed by atoms with Crippen molar-refractivity contribution in [1.82, 2.24) is 4.57 Å². The Balaban J connectivity index is 2.53. The summed E-state index contributed by atoms with van der Waals surface area (Å²) in [5.74, 6) is -0.907. The molecule has 66 valence electrons. The SMILES string of the molecule is O=C(O)c1ccc2n1CC=CN=C2. The summed E-state index contributed by atoms with van der Waals surface area (Å²) in [6.07, 6.45) is 5.13. The number of aliphatic imine (C=N–C) groups is 1. The van der Waals surface area contributed by atoms with Crippen LogP contribution in [-0.4, -0.2) is 21.9 Å². The van der Waals surface area contributed by atoms with Crippen LogP contribution in [0.1, 0.15) is 16.2 Å². The summed E-state index contributed by atoms with van der Waals surface area (Å²) in [5.41, 5.74) is 1.12. The van der Waals surface area contributed by atoms with Gasteiger partial charge in [-0.15, -0.1) is 0 Å². The number of allylic oxidation sites excluding steroid dienone is 1. The molecule has 0 saturated carbocycles. The second kappa shape index (κ2) is 2.90. The lowest BCUT2D eigenvalue weighted by Gasteiger charge is -2.03. The highest BCUT2D eigenvalue weighted by atomic mass is 16.4. The Hall–Kier alpha value is -1.84. The molecular formula is C9H8N2O2. The Morgan fingerprint density at radius 2 is 2.38 bits per heavy atom. The van der Waals surface area contributed by atoms with Crippen LogP contribution in [0.4, 0.5) is 0 Å². The highest BCUT2D eigenvalue weighted by Gasteiger charge is 2.12. The molecule has 0 amide bonds. The molecule has 0 unspecified atom stereocenters. The first-order valence-electron chi connectivity index (χ1n) is 3.90. The molecule has 0 fully saturated rings. The third-order valence-corrected chi connectivity index (χ3v) is 1.92. The van der Waals surface area contributed by atoms with E-state index in [1.54, 1.807) is 29.1 Å². The topological polar surface area (TPSA) is 54.6 Å². The lowest BCUT2D eigenvalue weighted by atomic mass is 10.4. The monoisotopic (exact) mass is 176 g/mol. The number of carboxylic acid groups (broad SMARTS) is 1. The van der Waals surface area contributed by atoms with E-state index in [1.807, 2.05) is 6.08 Å². The maximum atomic E-state index is 10.8. The molecule has 1 aromatic heterocycles. The van der Waals surface area contributed by atoms with Crippen LogP contribution in [0.2, 0.25) is 0 Å². The highest BCUT2D eigenvalue weighted by molar-refractivity contribution is 5.89. The van der Waals surface area contributed by atoms with Crippen molar-refractivity contribution in [3.8, 4) is 0 Å². The number of carbonyl (C=O) groups is 1. The Labute approximate surface area is 74.8 Å². The zero-order valence-electron chi connectivity index (χ0n) is 6.84. The van der Waals surface area contributed by atoms with Crippen molar-refractivity contribution in [3.63, 3.8) is 0 Å². The van der Waals surface area contributed by atoms with Crippen molar-refractivity contribution in [3.05, 3.63) is 35.8 Å². The molecule has 0 spiro atoms. The first-order valence-corrected chi connectivity index (χ1v) is 3.90. The zero-order chi connectivity index (χ0) is 9.26. The number of aromatic nitrogens is 1. The fourth-order valence-corrected chi connectivity index (χ4v) is 1.32. The van der Waals surface area contributed by atoms with Gasteiger partial charge in [0, 0.05) is 12.7 Å². The first-order chi connectivity index (χ1) is 6.29. The molecule has 0 aromatic carbocycles. The molecule has 1 aromatic rings. The Morgan fingerprint density at radius 1 is 1.54 bits per heavy atom. The summed E-state index contributed by atoms with van der Waals surface area (Å²) >= 11 is 0. The van der Waals surface area contributed by atoms with Gasteiger partial charge in [-0.3, -0.25) is 4.99 Å². The van der Waals surface area contributed by atoms with E-state index < -0.39 is 5.97 Å². The molecule has 1 N–H and O–H groups in total. The van der Waals surface area contributed by atoms with Crippen LogP contribution >= 0.6 is 0 Å². The normalized spacial score (nSPS) is 13.8.